The van der Waals surface area contributed by atoms with Crippen LogP contribution in [0.15, 0.2) is 329 Å². The molecule has 3 radical (unpaired) electrons. The molecule has 12 rings (SSSR count). The van der Waals surface area contributed by atoms with Crippen LogP contribution in [-0.2, 0) is 38.5 Å². The van der Waals surface area contributed by atoms with Crippen molar-refractivity contribution >= 4 is 34.8 Å². The second-order valence-corrected chi connectivity index (χ2v) is 28.7. The fourth-order valence-electron chi connectivity index (χ4n) is 14.0. The van der Waals surface area contributed by atoms with E-state index in [0.29, 0.717) is 83.4 Å². The molecule has 3 amide bonds. The fourth-order valence-corrected chi connectivity index (χ4v) is 14.0. The third kappa shape index (κ3) is 30.2. The maximum Gasteiger partial charge on any atom is 0.251 e. The minimum Gasteiger partial charge on any atom is -0.399 e. The molecular weight excluding hydrogens is 2110 g/mol. The van der Waals surface area contributed by atoms with Crippen molar-refractivity contribution in [3.63, 3.8) is 0 Å². The minimum atomic E-state index is -0.307. The molecule has 117 heavy (non-hydrogen) atoms. The van der Waals surface area contributed by atoms with Gasteiger partial charge in [0.25, 0.3) is 17.7 Å². The van der Waals surface area contributed by atoms with E-state index in [1.165, 1.54) is 47.0 Å². The number of hydrogen-bond acceptors (Lipinski definition) is 9. The summed E-state index contributed by atoms with van der Waals surface area (Å²) in [4.78, 5) is 39.9. The maximum absolute atomic E-state index is 14.2. The Bertz CT molecular complexity index is 5130. The fraction of sp³-hybridized carbons (Fsp3) is 0.182. The van der Waals surface area contributed by atoms with Gasteiger partial charge >= 0.3 is 0 Å². The van der Waals surface area contributed by atoms with E-state index in [2.05, 4.69) is 72.1 Å². The molecule has 0 saturated carbocycles. The van der Waals surface area contributed by atoms with Crippen LogP contribution < -0.4 is 33.2 Å². The summed E-state index contributed by atoms with van der Waals surface area (Å²) >= 11 is 0. The van der Waals surface area contributed by atoms with Gasteiger partial charge in [-0.2, -0.15) is 0 Å². The van der Waals surface area contributed by atoms with Gasteiger partial charge in [-0.15, -0.1) is 0 Å². The van der Waals surface area contributed by atoms with Gasteiger partial charge in [0.05, 0.1) is 0 Å². The van der Waals surface area contributed by atoms with Gasteiger partial charge in [0.1, 0.15) is 17.5 Å². The van der Waals surface area contributed by atoms with Gasteiger partial charge in [0.2, 0.25) is 0 Å². The quantitative estimate of drug-likeness (QED) is 0.0190. The average molecular weight is 2210 g/mol. The number of carbonyl (C=O) groups excluding carboxylic acids is 3. The van der Waals surface area contributed by atoms with E-state index < -0.39 is 0 Å². The molecule has 12 nitrogen and oxygen atoms in total. The van der Waals surface area contributed by atoms with Crippen molar-refractivity contribution in [3.8, 4) is 33.4 Å². The maximum atomic E-state index is 14.2. The Morgan fingerprint density at radius 1 is 0.299 bits per heavy atom. The Morgan fingerprint density at radius 2 is 0.590 bits per heavy atom. The van der Waals surface area contributed by atoms with Crippen LogP contribution in [0.4, 0.5) is 13.2 Å². The first-order chi connectivity index (χ1) is 55.3. The third-order valence-corrected chi connectivity index (χ3v) is 20.5. The van der Waals surface area contributed by atoms with Crippen LogP contribution in [0.2, 0.25) is 0 Å². The zero-order chi connectivity index (χ0) is 80.7. The van der Waals surface area contributed by atoms with E-state index in [4.69, 9.17) is 17.2 Å². The number of nitrogens with two attached hydrogens (primary N) is 3. The number of aliphatic hydroxyl groups is 3. The van der Waals surface area contributed by atoms with Gasteiger partial charge in [-0.3, -0.25) is 14.4 Å². The Labute approximate surface area is 793 Å². The van der Waals surface area contributed by atoms with Crippen LogP contribution in [0.3, 0.4) is 0 Å². The van der Waals surface area contributed by atoms with Gasteiger partial charge in [0.15, 0.2) is 0 Å². The molecule has 12 N–H and O–H groups in total. The first-order valence-electron chi connectivity index (χ1n) is 38.3. The average Bonchev–Trinajstić information content (AvgIpc) is 0.839. The van der Waals surface area contributed by atoms with Crippen molar-refractivity contribution in [1.29, 1.82) is 0 Å². The van der Waals surface area contributed by atoms with Crippen LogP contribution in [0.25, 0.3) is 50.5 Å². The number of aliphatic hydroxyl groups excluding tert-OH is 3. The standard InChI is InChI=1S/3C33H33FN2O2.3Ac/c1-23(35)28-10-5-9-25(19-28)20-30(22-37)32(18-13-24-7-3-2-4-8-24)36-33(38)27-16-14-26(15-17-27)29-11-6-12-31(34)21-29;1-23(35)28-11-7-10-25(20-28)21-29(22-37)32(19-14-24-8-3-2-4-9-24)36-33(38)27-17-15-26(16-18-27)30-12-5-6-13-31(30)34;1-23(35)29-9-5-8-25(20-29)21-30(22-37)32(19-10-24-6-3-2-4-7-24)36-33(38)28-13-11-26(12-14-28)27-15-17-31(34)18-16-27;;;/h2-12,14-17,19,21,30,32,37H,1,13,18,20,22,35H2,(H,36,38);2-13,15-18,20,29,32,37H,1,14,19,21-22,35H2,(H,36,38);2-9,11-18,20,30,32,37H,1,10,19,21-22,35H2,(H,36,38);;;. The molecule has 0 bridgehead atoms. The molecule has 18 heteroatoms. The molecule has 0 aromatic heterocycles. The first-order valence-corrected chi connectivity index (χ1v) is 38.3. The number of rotatable bonds is 33. The van der Waals surface area contributed by atoms with E-state index in [0.717, 1.165) is 74.9 Å². The van der Waals surface area contributed by atoms with Gasteiger partial charge in [-0.1, -0.05) is 244 Å². The Balaban J connectivity index is 0.000000239. The number of halogens is 3. The molecule has 0 aliphatic rings. The summed E-state index contributed by atoms with van der Waals surface area (Å²) in [7, 11) is 0. The smallest absolute Gasteiger partial charge is 0.251 e. The van der Waals surface area contributed by atoms with Crippen molar-refractivity contribution in [2.45, 2.75) is 75.9 Å². The molecule has 12 aromatic rings. The van der Waals surface area contributed by atoms with Crippen LogP contribution >= 0.6 is 0 Å². The molecule has 0 aliphatic heterocycles. The zero-order valence-corrected chi connectivity index (χ0v) is 79.9. The summed E-state index contributed by atoms with van der Waals surface area (Å²) < 4.78 is 41.1. The number of nitrogens with one attached hydrogen (secondary N) is 3. The molecule has 0 saturated heterocycles. The van der Waals surface area contributed by atoms with E-state index in [-0.39, 0.29) is 223 Å². The molecule has 12 aromatic carbocycles. The number of benzene rings is 12. The molecule has 0 aliphatic carbocycles. The van der Waals surface area contributed by atoms with Crippen LogP contribution in [0.5, 0.6) is 0 Å². The van der Waals surface area contributed by atoms with Crippen molar-refractivity contribution < 1.29 is 175 Å². The number of hydrogen-bond donors (Lipinski definition) is 9. The summed E-state index contributed by atoms with van der Waals surface area (Å²) in [5.74, 6) is -2.14. The molecular formula is C99H99Ac3F3N6O6. The van der Waals surface area contributed by atoms with Crippen molar-refractivity contribution in [1.82, 2.24) is 16.0 Å². The van der Waals surface area contributed by atoms with Crippen molar-refractivity contribution in [2.24, 2.45) is 35.0 Å². The van der Waals surface area contributed by atoms with Crippen LogP contribution in [-0.4, -0.2) is 71.0 Å². The first kappa shape index (κ1) is 95.8. The second-order valence-electron chi connectivity index (χ2n) is 28.7. The third-order valence-electron chi connectivity index (χ3n) is 20.5. The number of carbonyl (C=O) groups is 3. The van der Waals surface area contributed by atoms with E-state index in [9.17, 15) is 42.9 Å². The normalized spacial score (nSPS) is 12.2. The SMILES string of the molecule is C=C(N)c1cccc(CC(CO)C(CCc2ccccc2)NC(=O)c2ccc(-c3ccc(F)cc3)cc2)c1.C=C(N)c1cccc(CC(CO)C(CCc2ccccc2)NC(=O)c2ccc(-c3cccc(F)c3)cc2)c1.C=C(N)c1cccc(CC(CO)C(CCc2ccccc2)NC(=O)c2ccc(-c3ccccc3F)cc2)c1.[Ac].[Ac].[Ac]. The summed E-state index contributed by atoms with van der Waals surface area (Å²) in [5, 5.41) is 40.7. The molecule has 0 heterocycles. The summed E-state index contributed by atoms with van der Waals surface area (Å²) in [5.41, 5.74) is 34.3. The molecule has 591 valence electrons. The van der Waals surface area contributed by atoms with E-state index in [1.54, 1.807) is 84.9 Å². The summed E-state index contributed by atoms with van der Waals surface area (Å²) in [6.45, 7) is 11.2. The van der Waals surface area contributed by atoms with Gasteiger partial charge < -0.3 is 48.5 Å². The van der Waals surface area contributed by atoms with Gasteiger partial charge in [0, 0.05) is 227 Å². The van der Waals surface area contributed by atoms with E-state index >= 15 is 0 Å². The zero-order valence-electron chi connectivity index (χ0n) is 65.7. The second kappa shape index (κ2) is 49.9. The monoisotopic (exact) mass is 2210 g/mol. The van der Waals surface area contributed by atoms with Gasteiger partial charge in [-0.05, 0) is 221 Å². The predicted octanol–water partition coefficient (Wildman–Crippen LogP) is 18.0. The minimum absolute atomic E-state index is 0. The molecule has 6 atom stereocenters. The molecule has 0 fully saturated rings. The van der Waals surface area contributed by atoms with Crippen LogP contribution in [0.1, 0.15) is 100 Å². The van der Waals surface area contributed by atoms with E-state index in [1.807, 2.05) is 158 Å². The number of amides is 3. The molecule has 0 spiro atoms. The number of aryl methyl sites for hydroxylation is 3. The van der Waals surface area contributed by atoms with Gasteiger partial charge in [-0.25, -0.2) is 13.2 Å². The predicted molar refractivity (Wildman–Crippen MR) is 455 cm³/mol. The Hall–Kier alpha value is -8.34. The topological polar surface area (TPSA) is 226 Å². The molecule has 6 unspecified atom stereocenters. The summed E-state index contributed by atoms with van der Waals surface area (Å²) in [6, 6.07) is 93.4. The summed E-state index contributed by atoms with van der Waals surface area (Å²) in [6.07, 6.45) is 6.04. The van der Waals surface area contributed by atoms with Crippen molar-refractivity contribution in [2.75, 3.05) is 19.8 Å². The Kier molecular flexibility index (Phi) is 40.9. The largest absolute Gasteiger partial charge is 0.399 e. The van der Waals surface area contributed by atoms with Crippen molar-refractivity contribution in [3.05, 3.63) is 413 Å². The van der Waals surface area contributed by atoms with Crippen LogP contribution in [0, 0.1) is 167 Å². The Morgan fingerprint density at radius 3 is 0.906 bits per heavy atom.